The van der Waals surface area contributed by atoms with E-state index in [1.54, 1.807) is 18.0 Å². The molecule has 3 rings (SSSR count). The van der Waals surface area contributed by atoms with Gasteiger partial charge in [0.05, 0.1) is 25.7 Å². The third-order valence-electron chi connectivity index (χ3n) is 4.66. The number of likely N-dealkylation sites (tertiary alicyclic amines) is 1. The standard InChI is InChI=1S/C19H25N3O3/c1-14-18(21(2)13-20-14)19(23)22-9-5-6-15(11-22)12-25-17-8-4-7-16(10-17)24-3/h4,7-8,10,13,15H,5-6,9,11-12H2,1-3H3. The smallest absolute Gasteiger partial charge is 0.272 e. The lowest BCUT2D eigenvalue weighted by Crippen LogP contribution is -2.42. The summed E-state index contributed by atoms with van der Waals surface area (Å²) >= 11 is 0. The van der Waals surface area contributed by atoms with Crippen LogP contribution >= 0.6 is 0 Å². The Hall–Kier alpha value is -2.50. The van der Waals surface area contributed by atoms with Crippen molar-refractivity contribution < 1.29 is 14.3 Å². The highest BCUT2D eigenvalue weighted by molar-refractivity contribution is 5.93. The van der Waals surface area contributed by atoms with E-state index in [1.165, 1.54) is 0 Å². The molecule has 6 heteroatoms. The molecule has 0 radical (unpaired) electrons. The SMILES string of the molecule is COc1cccc(OCC2CCCN(C(=O)c3c(C)ncn3C)C2)c1. The zero-order chi connectivity index (χ0) is 17.8. The Bertz CT molecular complexity index is 722. The number of hydrogen-bond donors (Lipinski definition) is 0. The molecule has 6 nitrogen and oxygen atoms in total. The van der Waals surface area contributed by atoms with Crippen LogP contribution in [0, 0.1) is 12.8 Å². The number of ether oxygens (including phenoxy) is 2. The quantitative estimate of drug-likeness (QED) is 0.837. The summed E-state index contributed by atoms with van der Waals surface area (Å²) in [5, 5.41) is 0. The van der Waals surface area contributed by atoms with E-state index in [1.807, 2.05) is 43.1 Å². The van der Waals surface area contributed by atoms with Crippen molar-refractivity contribution in [3.05, 3.63) is 42.0 Å². The lowest BCUT2D eigenvalue weighted by Gasteiger charge is -2.32. The van der Waals surface area contributed by atoms with Crippen LogP contribution in [0.2, 0.25) is 0 Å². The van der Waals surface area contributed by atoms with Crippen LogP contribution in [-0.4, -0.2) is 47.2 Å². The Kier molecular flexibility index (Phi) is 5.26. The minimum absolute atomic E-state index is 0.0589. The van der Waals surface area contributed by atoms with Crippen molar-refractivity contribution in [3.8, 4) is 11.5 Å². The molecule has 1 aromatic heterocycles. The Morgan fingerprint density at radius 1 is 1.36 bits per heavy atom. The topological polar surface area (TPSA) is 56.6 Å². The van der Waals surface area contributed by atoms with E-state index in [-0.39, 0.29) is 5.91 Å². The lowest BCUT2D eigenvalue weighted by molar-refractivity contribution is 0.0623. The molecule has 0 bridgehead atoms. The van der Waals surface area contributed by atoms with Crippen LogP contribution in [0.5, 0.6) is 11.5 Å². The minimum Gasteiger partial charge on any atom is -0.497 e. The lowest BCUT2D eigenvalue weighted by atomic mass is 9.98. The average molecular weight is 343 g/mol. The van der Waals surface area contributed by atoms with Gasteiger partial charge in [-0.15, -0.1) is 0 Å². The Morgan fingerprint density at radius 2 is 2.16 bits per heavy atom. The van der Waals surface area contributed by atoms with Gasteiger partial charge in [-0.3, -0.25) is 4.79 Å². The normalized spacial score (nSPS) is 17.4. The Morgan fingerprint density at radius 3 is 2.88 bits per heavy atom. The summed E-state index contributed by atoms with van der Waals surface area (Å²) in [6.45, 7) is 3.98. The molecule has 0 spiro atoms. The third kappa shape index (κ3) is 3.95. The third-order valence-corrected chi connectivity index (χ3v) is 4.66. The van der Waals surface area contributed by atoms with Gasteiger partial charge in [0.2, 0.25) is 0 Å². The van der Waals surface area contributed by atoms with Crippen molar-refractivity contribution in [2.45, 2.75) is 19.8 Å². The Balaban J connectivity index is 1.60. The van der Waals surface area contributed by atoms with E-state index in [9.17, 15) is 4.79 Å². The second-order valence-electron chi connectivity index (χ2n) is 6.54. The van der Waals surface area contributed by atoms with Crippen molar-refractivity contribution in [3.63, 3.8) is 0 Å². The van der Waals surface area contributed by atoms with Crippen molar-refractivity contribution in [1.82, 2.24) is 14.5 Å². The fraction of sp³-hybridized carbons (Fsp3) is 0.474. The molecule has 25 heavy (non-hydrogen) atoms. The number of hydrogen-bond acceptors (Lipinski definition) is 4. The van der Waals surface area contributed by atoms with Gasteiger partial charge in [0.1, 0.15) is 17.2 Å². The molecule has 1 aliphatic heterocycles. The maximum Gasteiger partial charge on any atom is 0.272 e. The fourth-order valence-corrected chi connectivity index (χ4v) is 3.29. The van der Waals surface area contributed by atoms with Gasteiger partial charge in [0.25, 0.3) is 5.91 Å². The van der Waals surface area contributed by atoms with Crippen LogP contribution in [-0.2, 0) is 7.05 Å². The molecule has 1 amide bonds. The summed E-state index contributed by atoms with van der Waals surface area (Å²) in [6, 6.07) is 7.61. The van der Waals surface area contributed by atoms with Crippen LogP contribution in [0.4, 0.5) is 0 Å². The maximum atomic E-state index is 12.8. The van der Waals surface area contributed by atoms with Gasteiger partial charge in [0, 0.05) is 32.1 Å². The first-order chi connectivity index (χ1) is 12.1. The van der Waals surface area contributed by atoms with Crippen molar-refractivity contribution >= 4 is 5.91 Å². The van der Waals surface area contributed by atoms with Crippen LogP contribution in [0.15, 0.2) is 30.6 Å². The van der Waals surface area contributed by atoms with Gasteiger partial charge in [-0.05, 0) is 31.9 Å². The van der Waals surface area contributed by atoms with Gasteiger partial charge in [-0.1, -0.05) is 6.07 Å². The number of piperidine rings is 1. The van der Waals surface area contributed by atoms with Crippen LogP contribution in [0.25, 0.3) is 0 Å². The number of rotatable bonds is 5. The Labute approximate surface area is 148 Å². The molecular weight excluding hydrogens is 318 g/mol. The van der Waals surface area contributed by atoms with E-state index in [0.29, 0.717) is 24.8 Å². The molecule has 1 aliphatic rings. The first-order valence-electron chi connectivity index (χ1n) is 8.62. The average Bonchev–Trinajstić information content (AvgIpc) is 2.98. The van der Waals surface area contributed by atoms with E-state index in [4.69, 9.17) is 9.47 Å². The van der Waals surface area contributed by atoms with Crippen molar-refractivity contribution in [2.75, 3.05) is 26.8 Å². The van der Waals surface area contributed by atoms with Gasteiger partial charge in [-0.25, -0.2) is 4.98 Å². The summed E-state index contributed by atoms with van der Waals surface area (Å²) in [6.07, 6.45) is 3.75. The second kappa shape index (κ2) is 7.59. The highest BCUT2D eigenvalue weighted by atomic mass is 16.5. The summed E-state index contributed by atoms with van der Waals surface area (Å²) < 4.78 is 12.9. The molecule has 0 saturated carbocycles. The number of nitrogens with zero attached hydrogens (tertiary/aromatic N) is 3. The largest absolute Gasteiger partial charge is 0.497 e. The molecule has 0 aliphatic carbocycles. The number of benzene rings is 1. The molecule has 2 heterocycles. The number of amides is 1. The zero-order valence-corrected chi connectivity index (χ0v) is 15.1. The first-order valence-corrected chi connectivity index (χ1v) is 8.62. The van der Waals surface area contributed by atoms with Gasteiger partial charge in [0.15, 0.2) is 0 Å². The second-order valence-corrected chi connectivity index (χ2v) is 6.54. The number of methoxy groups -OCH3 is 1. The monoisotopic (exact) mass is 343 g/mol. The molecule has 134 valence electrons. The van der Waals surface area contributed by atoms with Crippen LogP contribution in [0.1, 0.15) is 29.0 Å². The van der Waals surface area contributed by atoms with E-state index >= 15 is 0 Å². The first kappa shape index (κ1) is 17.3. The number of carbonyl (C=O) groups excluding carboxylic acids is 1. The molecule has 1 atom stereocenters. The number of carbonyl (C=O) groups is 1. The number of aromatic nitrogens is 2. The van der Waals surface area contributed by atoms with Gasteiger partial charge in [-0.2, -0.15) is 0 Å². The maximum absolute atomic E-state index is 12.8. The van der Waals surface area contributed by atoms with Crippen LogP contribution in [0.3, 0.4) is 0 Å². The molecule has 1 fully saturated rings. The van der Waals surface area contributed by atoms with E-state index in [0.717, 1.165) is 36.6 Å². The fourth-order valence-electron chi connectivity index (χ4n) is 3.29. The summed E-state index contributed by atoms with van der Waals surface area (Å²) in [7, 11) is 3.50. The highest BCUT2D eigenvalue weighted by Gasteiger charge is 2.27. The molecule has 2 aromatic rings. The highest BCUT2D eigenvalue weighted by Crippen LogP contribution is 2.23. The molecule has 0 N–H and O–H groups in total. The summed E-state index contributed by atoms with van der Waals surface area (Å²) in [5.74, 6) is 1.97. The summed E-state index contributed by atoms with van der Waals surface area (Å²) in [5.41, 5.74) is 1.46. The molecule has 1 unspecified atom stereocenters. The molecular formula is C19H25N3O3. The number of aryl methyl sites for hydroxylation is 2. The van der Waals surface area contributed by atoms with Crippen molar-refractivity contribution in [2.24, 2.45) is 13.0 Å². The summed E-state index contributed by atoms with van der Waals surface area (Å²) in [4.78, 5) is 19.0. The predicted molar refractivity (Wildman–Crippen MR) is 95.1 cm³/mol. The predicted octanol–water partition coefficient (Wildman–Crippen LogP) is 2.67. The number of imidazole rings is 1. The van der Waals surface area contributed by atoms with E-state index < -0.39 is 0 Å². The van der Waals surface area contributed by atoms with Gasteiger partial charge >= 0.3 is 0 Å². The zero-order valence-electron chi connectivity index (χ0n) is 15.1. The van der Waals surface area contributed by atoms with Crippen LogP contribution < -0.4 is 9.47 Å². The van der Waals surface area contributed by atoms with Gasteiger partial charge < -0.3 is 18.9 Å². The minimum atomic E-state index is 0.0589. The molecule has 1 aromatic carbocycles. The van der Waals surface area contributed by atoms with E-state index in [2.05, 4.69) is 4.98 Å². The molecule has 1 saturated heterocycles. The van der Waals surface area contributed by atoms with Crippen molar-refractivity contribution in [1.29, 1.82) is 0 Å².